The van der Waals surface area contributed by atoms with E-state index in [4.69, 9.17) is 4.42 Å². The van der Waals surface area contributed by atoms with Gasteiger partial charge in [-0.2, -0.15) is 0 Å². The highest BCUT2D eigenvalue weighted by Crippen LogP contribution is 2.33. The predicted octanol–water partition coefficient (Wildman–Crippen LogP) is 4.37. The second kappa shape index (κ2) is 9.11. The number of nitrogens with one attached hydrogen (secondary N) is 1. The fourth-order valence-electron chi connectivity index (χ4n) is 5.14. The Hall–Kier alpha value is -2.50. The van der Waals surface area contributed by atoms with Crippen LogP contribution in [-0.4, -0.2) is 34.4 Å². The summed E-state index contributed by atoms with van der Waals surface area (Å²) in [5, 5.41) is 2.95. The van der Waals surface area contributed by atoms with Gasteiger partial charge in [0.25, 0.3) is 5.91 Å². The van der Waals surface area contributed by atoms with Crippen LogP contribution in [0.1, 0.15) is 78.5 Å². The minimum atomic E-state index is -0.0429. The van der Waals surface area contributed by atoms with Crippen molar-refractivity contribution in [2.75, 3.05) is 13.1 Å². The molecule has 4 rings (SSSR count). The fraction of sp³-hybridized carbons (Fsp3) is 0.583. The van der Waals surface area contributed by atoms with Crippen LogP contribution in [0.5, 0.6) is 0 Å². The van der Waals surface area contributed by atoms with Gasteiger partial charge in [-0.05, 0) is 57.7 Å². The van der Waals surface area contributed by atoms with E-state index in [0.717, 1.165) is 17.0 Å². The molecule has 30 heavy (non-hydrogen) atoms. The summed E-state index contributed by atoms with van der Waals surface area (Å²) in [5.41, 5.74) is 3.12. The molecule has 1 aliphatic carbocycles. The molecule has 1 saturated carbocycles. The lowest BCUT2D eigenvalue weighted by molar-refractivity contribution is -0.126. The predicted molar refractivity (Wildman–Crippen MR) is 115 cm³/mol. The molecule has 2 fully saturated rings. The van der Waals surface area contributed by atoms with Crippen molar-refractivity contribution in [3.8, 4) is 0 Å². The van der Waals surface area contributed by atoms with Gasteiger partial charge in [-0.3, -0.25) is 9.59 Å². The normalized spacial score (nSPS) is 18.5. The molecular formula is C24H33N3O3. The van der Waals surface area contributed by atoms with Gasteiger partial charge in [0.2, 0.25) is 5.91 Å². The van der Waals surface area contributed by atoms with Gasteiger partial charge in [0.1, 0.15) is 5.76 Å². The molecule has 0 atom stereocenters. The van der Waals surface area contributed by atoms with Crippen LogP contribution in [0.25, 0.3) is 0 Å². The summed E-state index contributed by atoms with van der Waals surface area (Å²) in [7, 11) is 0. The van der Waals surface area contributed by atoms with Crippen molar-refractivity contribution in [1.29, 1.82) is 0 Å². The number of likely N-dealkylation sites (tertiary alicyclic amines) is 1. The van der Waals surface area contributed by atoms with Gasteiger partial charge in [0.15, 0.2) is 0 Å². The summed E-state index contributed by atoms with van der Waals surface area (Å²) in [6.45, 7) is 5.88. The lowest BCUT2D eigenvalue weighted by Crippen LogP contribution is -2.43. The Labute approximate surface area is 178 Å². The Morgan fingerprint density at radius 2 is 1.83 bits per heavy atom. The van der Waals surface area contributed by atoms with Crippen LogP contribution in [-0.2, 0) is 11.3 Å². The first-order valence-corrected chi connectivity index (χ1v) is 11.3. The molecule has 0 unspecified atom stereocenters. The number of rotatable bonds is 5. The number of amides is 2. The molecule has 3 heterocycles. The Kier molecular flexibility index (Phi) is 6.30. The van der Waals surface area contributed by atoms with Gasteiger partial charge < -0.3 is 19.2 Å². The van der Waals surface area contributed by atoms with E-state index in [2.05, 4.69) is 29.8 Å². The third kappa shape index (κ3) is 4.32. The summed E-state index contributed by atoms with van der Waals surface area (Å²) in [6, 6.07) is 6.26. The number of carbonyl (C=O) groups is 2. The first-order chi connectivity index (χ1) is 14.5. The average molecular weight is 412 g/mol. The minimum Gasteiger partial charge on any atom is -0.467 e. The Morgan fingerprint density at radius 1 is 1.10 bits per heavy atom. The van der Waals surface area contributed by atoms with Crippen molar-refractivity contribution in [2.24, 2.45) is 5.92 Å². The van der Waals surface area contributed by atoms with Crippen LogP contribution >= 0.6 is 0 Å². The number of piperidine rings is 1. The molecule has 0 aromatic carbocycles. The molecule has 1 saturated heterocycles. The van der Waals surface area contributed by atoms with E-state index in [9.17, 15) is 9.59 Å². The molecule has 2 aliphatic rings. The molecule has 2 amide bonds. The monoisotopic (exact) mass is 411 g/mol. The maximum absolute atomic E-state index is 13.2. The lowest BCUT2D eigenvalue weighted by Gasteiger charge is -2.31. The van der Waals surface area contributed by atoms with Crippen LogP contribution in [0.15, 0.2) is 28.9 Å². The number of furan rings is 1. The molecule has 2 aromatic rings. The Bertz CT molecular complexity index is 870. The van der Waals surface area contributed by atoms with Crippen LogP contribution in [0.3, 0.4) is 0 Å². The molecule has 162 valence electrons. The standard InChI is InChI=1S/C24H33N3O3/c1-17-15-22(18(2)27(17)20-7-4-3-5-8-20)24(29)26-12-10-19(11-13-26)23(28)25-16-21-9-6-14-30-21/h6,9,14-15,19-20H,3-5,7-8,10-13,16H2,1-2H3,(H,25,28). The summed E-state index contributed by atoms with van der Waals surface area (Å²) in [4.78, 5) is 27.6. The molecule has 6 heteroatoms. The van der Waals surface area contributed by atoms with E-state index in [1.54, 1.807) is 6.26 Å². The topological polar surface area (TPSA) is 67.5 Å². The van der Waals surface area contributed by atoms with Gasteiger partial charge in [-0.1, -0.05) is 19.3 Å². The van der Waals surface area contributed by atoms with E-state index in [1.165, 1.54) is 37.8 Å². The van der Waals surface area contributed by atoms with Crippen molar-refractivity contribution < 1.29 is 14.0 Å². The minimum absolute atomic E-state index is 0.0429. The van der Waals surface area contributed by atoms with E-state index < -0.39 is 0 Å². The number of hydrogen-bond donors (Lipinski definition) is 1. The smallest absolute Gasteiger partial charge is 0.255 e. The Balaban J connectivity index is 1.34. The maximum atomic E-state index is 13.2. The third-order valence-electron chi connectivity index (χ3n) is 6.82. The van der Waals surface area contributed by atoms with Gasteiger partial charge in [-0.25, -0.2) is 0 Å². The van der Waals surface area contributed by atoms with Crippen molar-refractivity contribution in [3.63, 3.8) is 0 Å². The van der Waals surface area contributed by atoms with Crippen molar-refractivity contribution in [3.05, 3.63) is 47.2 Å². The first-order valence-electron chi connectivity index (χ1n) is 11.3. The molecule has 0 radical (unpaired) electrons. The quantitative estimate of drug-likeness (QED) is 0.794. The molecule has 6 nitrogen and oxygen atoms in total. The zero-order chi connectivity index (χ0) is 21.1. The molecule has 2 aromatic heterocycles. The number of aryl methyl sites for hydroxylation is 1. The van der Waals surface area contributed by atoms with Crippen LogP contribution < -0.4 is 5.32 Å². The van der Waals surface area contributed by atoms with E-state index >= 15 is 0 Å². The summed E-state index contributed by atoms with van der Waals surface area (Å²) >= 11 is 0. The van der Waals surface area contributed by atoms with Crippen LogP contribution in [0.2, 0.25) is 0 Å². The van der Waals surface area contributed by atoms with Gasteiger partial charge in [0, 0.05) is 36.4 Å². The highest BCUT2D eigenvalue weighted by molar-refractivity contribution is 5.96. The summed E-state index contributed by atoms with van der Waals surface area (Å²) in [6.07, 6.45) is 9.32. The highest BCUT2D eigenvalue weighted by Gasteiger charge is 2.30. The second-order valence-corrected chi connectivity index (χ2v) is 8.81. The number of nitrogens with zero attached hydrogens (tertiary/aromatic N) is 2. The maximum Gasteiger partial charge on any atom is 0.255 e. The van der Waals surface area contributed by atoms with Crippen molar-refractivity contribution >= 4 is 11.8 Å². The highest BCUT2D eigenvalue weighted by atomic mass is 16.3. The third-order valence-corrected chi connectivity index (χ3v) is 6.82. The summed E-state index contributed by atoms with van der Waals surface area (Å²) in [5.74, 6) is 0.872. The van der Waals surface area contributed by atoms with Crippen LogP contribution in [0, 0.1) is 19.8 Å². The number of aromatic nitrogens is 1. The number of hydrogen-bond acceptors (Lipinski definition) is 3. The molecule has 1 aliphatic heterocycles. The summed E-state index contributed by atoms with van der Waals surface area (Å²) < 4.78 is 7.66. The van der Waals surface area contributed by atoms with Crippen molar-refractivity contribution in [2.45, 2.75) is 71.4 Å². The van der Waals surface area contributed by atoms with Crippen LogP contribution in [0.4, 0.5) is 0 Å². The second-order valence-electron chi connectivity index (χ2n) is 8.81. The van der Waals surface area contributed by atoms with Crippen molar-refractivity contribution in [1.82, 2.24) is 14.8 Å². The fourth-order valence-corrected chi connectivity index (χ4v) is 5.14. The zero-order valence-corrected chi connectivity index (χ0v) is 18.2. The Morgan fingerprint density at radius 3 is 2.50 bits per heavy atom. The van der Waals surface area contributed by atoms with E-state index in [1.807, 2.05) is 17.0 Å². The first kappa shape index (κ1) is 20.8. The van der Waals surface area contributed by atoms with Gasteiger partial charge in [0.05, 0.1) is 18.4 Å². The lowest BCUT2D eigenvalue weighted by atomic mass is 9.94. The number of carbonyl (C=O) groups excluding carboxylic acids is 2. The molecule has 0 bridgehead atoms. The van der Waals surface area contributed by atoms with E-state index in [0.29, 0.717) is 38.5 Å². The molecule has 0 spiro atoms. The SMILES string of the molecule is Cc1cc(C(=O)N2CCC(C(=O)NCc3ccco3)CC2)c(C)n1C1CCCCC1. The van der Waals surface area contributed by atoms with Gasteiger partial charge in [-0.15, -0.1) is 0 Å². The molecule has 1 N–H and O–H groups in total. The average Bonchev–Trinajstić information content (AvgIpc) is 3.40. The largest absolute Gasteiger partial charge is 0.467 e. The zero-order valence-electron chi connectivity index (χ0n) is 18.2. The van der Waals surface area contributed by atoms with E-state index in [-0.39, 0.29) is 17.7 Å². The molecular weight excluding hydrogens is 378 g/mol. The van der Waals surface area contributed by atoms with Gasteiger partial charge >= 0.3 is 0 Å².